The Balaban J connectivity index is 0.000000396. The summed E-state index contributed by atoms with van der Waals surface area (Å²) in [5.74, 6) is 1.41. The Kier molecular flexibility index (Phi) is 3.24. The second kappa shape index (κ2) is 4.22. The first-order chi connectivity index (χ1) is 6.36. The van der Waals surface area contributed by atoms with E-state index in [-0.39, 0.29) is 0 Å². The molecule has 0 amide bonds. The van der Waals surface area contributed by atoms with Crippen LogP contribution in [0.25, 0.3) is 0 Å². The van der Waals surface area contributed by atoms with Gasteiger partial charge in [-0.15, -0.1) is 0 Å². The fourth-order valence-corrected chi connectivity index (χ4v) is 1.65. The molecule has 0 bridgehead atoms. The number of nitrogens with zero attached hydrogens (tertiary/aromatic N) is 1. The molecule has 0 spiro atoms. The summed E-state index contributed by atoms with van der Waals surface area (Å²) in [6, 6.07) is 0. The van der Waals surface area contributed by atoms with Crippen molar-refractivity contribution in [1.29, 1.82) is 0 Å². The predicted molar refractivity (Wildman–Crippen MR) is 58.9 cm³/mol. The molecule has 2 rings (SSSR count). The van der Waals surface area contributed by atoms with Crippen molar-refractivity contribution in [2.45, 2.75) is 20.3 Å². The smallest absolute Gasteiger partial charge is 0.0505 e. The highest BCUT2D eigenvalue weighted by atomic mass is 14.8. The van der Waals surface area contributed by atoms with E-state index >= 15 is 0 Å². The minimum Gasteiger partial charge on any atom is -0.268 e. The minimum absolute atomic E-state index is 0.658. The summed E-state index contributed by atoms with van der Waals surface area (Å²) in [7, 11) is 0. The zero-order valence-electron chi connectivity index (χ0n) is 8.46. The number of hydrogen-bond acceptors (Lipinski definition) is 1. The summed E-state index contributed by atoms with van der Waals surface area (Å²) < 4.78 is 0. The third-order valence-corrected chi connectivity index (χ3v) is 2.40. The number of aliphatic imine (C=N–C) groups is 1. The third-order valence-electron chi connectivity index (χ3n) is 2.40. The average molecular weight is 175 g/mol. The second-order valence-corrected chi connectivity index (χ2v) is 3.07. The highest BCUT2D eigenvalue weighted by Crippen LogP contribution is 2.49. The van der Waals surface area contributed by atoms with Crippen LogP contribution < -0.4 is 0 Å². The number of hydrogen-bond donors (Lipinski definition) is 0. The molecule has 0 aromatic rings. The van der Waals surface area contributed by atoms with E-state index in [1.165, 1.54) is 6.42 Å². The molecule has 0 aromatic heterocycles. The fraction of sp³-hybridized carbons (Fsp3) is 0.417. The maximum absolute atomic E-state index is 4.03. The molecule has 2 aliphatic rings. The molecule has 0 aliphatic heterocycles. The van der Waals surface area contributed by atoms with Gasteiger partial charge in [-0.05, 0) is 24.6 Å². The molecule has 2 unspecified atom stereocenters. The molecule has 70 valence electrons. The average Bonchev–Trinajstić information content (AvgIpc) is 2.97. The molecule has 0 aromatic carbocycles. The van der Waals surface area contributed by atoms with Crippen LogP contribution in [-0.2, 0) is 0 Å². The zero-order valence-corrected chi connectivity index (χ0v) is 8.46. The van der Waals surface area contributed by atoms with Crippen LogP contribution in [0.1, 0.15) is 20.3 Å². The molecule has 1 heteroatoms. The highest BCUT2D eigenvalue weighted by molar-refractivity contribution is 5.46. The Labute approximate surface area is 80.6 Å². The van der Waals surface area contributed by atoms with E-state index in [0.29, 0.717) is 5.92 Å². The molecule has 0 heterocycles. The van der Waals surface area contributed by atoms with Gasteiger partial charge in [0.15, 0.2) is 0 Å². The van der Waals surface area contributed by atoms with Crippen molar-refractivity contribution in [2.24, 2.45) is 16.8 Å². The van der Waals surface area contributed by atoms with E-state index in [9.17, 15) is 0 Å². The Bertz CT molecular complexity index is 271. The molecule has 1 fully saturated rings. The molecule has 13 heavy (non-hydrogen) atoms. The monoisotopic (exact) mass is 175 g/mol. The molecule has 1 saturated carbocycles. The normalized spacial score (nSPS) is 28.5. The van der Waals surface area contributed by atoms with Gasteiger partial charge in [-0.1, -0.05) is 38.7 Å². The lowest BCUT2D eigenvalue weighted by Gasteiger charge is -2.06. The molecular formula is C12H17N. The molecule has 0 N–H and O–H groups in total. The van der Waals surface area contributed by atoms with Crippen LogP contribution in [0.5, 0.6) is 0 Å². The van der Waals surface area contributed by atoms with Crippen molar-refractivity contribution >= 4 is 6.72 Å². The summed E-state index contributed by atoms with van der Waals surface area (Å²) in [6.07, 6.45) is 7.46. The van der Waals surface area contributed by atoms with Crippen molar-refractivity contribution in [3.05, 3.63) is 36.1 Å². The van der Waals surface area contributed by atoms with E-state index in [0.717, 1.165) is 17.2 Å². The van der Waals surface area contributed by atoms with Gasteiger partial charge >= 0.3 is 0 Å². The van der Waals surface area contributed by atoms with Gasteiger partial charge in [-0.2, -0.15) is 0 Å². The molecule has 2 atom stereocenters. The Hall–Kier alpha value is -1.11. The highest BCUT2D eigenvalue weighted by Gasteiger charge is 2.40. The van der Waals surface area contributed by atoms with Crippen molar-refractivity contribution in [1.82, 2.24) is 0 Å². The SMILES string of the molecule is C=CC1=C(N=C)C2CC2C=C1.CC. The van der Waals surface area contributed by atoms with Crippen molar-refractivity contribution in [2.75, 3.05) is 0 Å². The van der Waals surface area contributed by atoms with Gasteiger partial charge in [0.05, 0.1) is 5.70 Å². The van der Waals surface area contributed by atoms with Crippen LogP contribution in [0.15, 0.2) is 41.1 Å². The molecule has 1 nitrogen and oxygen atoms in total. The quantitative estimate of drug-likeness (QED) is 0.571. The van der Waals surface area contributed by atoms with Crippen molar-refractivity contribution in [3.8, 4) is 0 Å². The maximum Gasteiger partial charge on any atom is 0.0505 e. The van der Waals surface area contributed by atoms with Gasteiger partial charge in [0, 0.05) is 5.92 Å². The number of fused-ring (bicyclic) bond motifs is 1. The number of allylic oxidation sites excluding steroid dienone is 5. The lowest BCUT2D eigenvalue weighted by Crippen LogP contribution is -1.93. The summed E-state index contributed by atoms with van der Waals surface area (Å²) in [4.78, 5) is 4.03. The Morgan fingerprint density at radius 2 is 2.23 bits per heavy atom. The molecule has 2 aliphatic carbocycles. The number of rotatable bonds is 2. The second-order valence-electron chi connectivity index (χ2n) is 3.07. The van der Waals surface area contributed by atoms with E-state index in [1.807, 2.05) is 19.9 Å². The first-order valence-corrected chi connectivity index (χ1v) is 4.88. The molecule has 0 saturated heterocycles. The van der Waals surface area contributed by atoms with Gasteiger partial charge < -0.3 is 0 Å². The van der Waals surface area contributed by atoms with Gasteiger partial charge in [0.2, 0.25) is 0 Å². The van der Waals surface area contributed by atoms with Crippen LogP contribution >= 0.6 is 0 Å². The molecular weight excluding hydrogens is 158 g/mol. The summed E-state index contributed by atoms with van der Waals surface area (Å²) >= 11 is 0. The van der Waals surface area contributed by atoms with Crippen LogP contribution in [0, 0.1) is 11.8 Å². The van der Waals surface area contributed by atoms with Crippen LogP contribution in [0.3, 0.4) is 0 Å². The first-order valence-electron chi connectivity index (χ1n) is 4.88. The van der Waals surface area contributed by atoms with Crippen LogP contribution in [0.2, 0.25) is 0 Å². The summed E-state index contributed by atoms with van der Waals surface area (Å²) in [5.41, 5.74) is 2.30. The fourth-order valence-electron chi connectivity index (χ4n) is 1.65. The largest absolute Gasteiger partial charge is 0.268 e. The zero-order chi connectivity index (χ0) is 9.84. The van der Waals surface area contributed by atoms with Crippen LogP contribution in [0.4, 0.5) is 0 Å². The van der Waals surface area contributed by atoms with E-state index < -0.39 is 0 Å². The van der Waals surface area contributed by atoms with E-state index in [4.69, 9.17) is 0 Å². The van der Waals surface area contributed by atoms with Gasteiger partial charge in [-0.25, -0.2) is 0 Å². The molecule has 0 radical (unpaired) electrons. The van der Waals surface area contributed by atoms with E-state index in [2.05, 4.69) is 30.4 Å². The third kappa shape index (κ3) is 1.80. The first kappa shape index (κ1) is 9.97. The Morgan fingerprint density at radius 1 is 1.54 bits per heavy atom. The maximum atomic E-state index is 4.03. The van der Waals surface area contributed by atoms with Gasteiger partial charge in [-0.3, -0.25) is 4.99 Å². The predicted octanol–water partition coefficient (Wildman–Crippen LogP) is 3.36. The lowest BCUT2D eigenvalue weighted by atomic mass is 10.0. The van der Waals surface area contributed by atoms with E-state index in [1.54, 1.807) is 0 Å². The lowest BCUT2D eigenvalue weighted by molar-refractivity contribution is 0.885. The summed E-state index contributed by atoms with van der Waals surface area (Å²) in [6.45, 7) is 11.3. The topological polar surface area (TPSA) is 12.4 Å². The summed E-state index contributed by atoms with van der Waals surface area (Å²) in [5, 5.41) is 0. The standard InChI is InChI=1S/C10H11N.C2H6/c1-3-7-4-5-8-6-9(8)10(7)11-2;1-2/h3-5,8-9H,1-2,6H2;1-2H3. The van der Waals surface area contributed by atoms with Crippen LogP contribution in [-0.4, -0.2) is 6.72 Å². The van der Waals surface area contributed by atoms with Gasteiger partial charge in [0.25, 0.3) is 0 Å². The van der Waals surface area contributed by atoms with Gasteiger partial charge in [0.1, 0.15) is 0 Å². The Morgan fingerprint density at radius 3 is 2.77 bits per heavy atom. The van der Waals surface area contributed by atoms with Crippen molar-refractivity contribution < 1.29 is 0 Å². The van der Waals surface area contributed by atoms with Crippen molar-refractivity contribution in [3.63, 3.8) is 0 Å². The minimum atomic E-state index is 0.658.